The lowest BCUT2D eigenvalue weighted by Gasteiger charge is -2.36. The number of para-hydroxylation sites is 1. The Balaban J connectivity index is 1.32. The van der Waals surface area contributed by atoms with Crippen molar-refractivity contribution in [2.24, 2.45) is 0 Å². The molecule has 1 aliphatic rings. The number of nitrogens with zero attached hydrogens (tertiary/aromatic N) is 3. The topological polar surface area (TPSA) is 68.5 Å². The number of aromatic nitrogens is 2. The minimum Gasteiger partial charge on any atom is -0.484 e. The van der Waals surface area contributed by atoms with E-state index in [0.717, 1.165) is 16.9 Å². The molecule has 0 saturated carbocycles. The maximum atomic E-state index is 12.3. The fraction of sp³-hybridized carbons (Fsp3) is 0.250. The SMILES string of the molecule is Cc1ccccc1OCC(=O)N1CC(c2nc(-c3cccc(Cl)c3)no2)C1. The number of likely N-dealkylation sites (tertiary alicyclic amines) is 1. The Labute approximate surface area is 161 Å². The molecule has 0 atom stereocenters. The Bertz CT molecular complexity index is 966. The van der Waals surface area contributed by atoms with Crippen molar-refractivity contribution in [3.63, 3.8) is 0 Å². The zero-order valence-corrected chi connectivity index (χ0v) is 15.5. The van der Waals surface area contributed by atoms with Crippen molar-refractivity contribution in [1.82, 2.24) is 15.0 Å². The highest BCUT2D eigenvalue weighted by molar-refractivity contribution is 6.30. The number of carbonyl (C=O) groups is 1. The van der Waals surface area contributed by atoms with Gasteiger partial charge < -0.3 is 14.2 Å². The van der Waals surface area contributed by atoms with E-state index in [1.54, 1.807) is 17.0 Å². The number of rotatable bonds is 5. The van der Waals surface area contributed by atoms with Crippen LogP contribution in [0.5, 0.6) is 5.75 Å². The number of halogens is 1. The van der Waals surface area contributed by atoms with Crippen molar-refractivity contribution in [3.8, 4) is 17.1 Å². The van der Waals surface area contributed by atoms with Crippen LogP contribution in [0.3, 0.4) is 0 Å². The van der Waals surface area contributed by atoms with Crippen LogP contribution >= 0.6 is 11.6 Å². The van der Waals surface area contributed by atoms with Crippen LogP contribution in [-0.2, 0) is 4.79 Å². The van der Waals surface area contributed by atoms with Gasteiger partial charge in [-0.2, -0.15) is 4.98 Å². The zero-order valence-electron chi connectivity index (χ0n) is 14.8. The van der Waals surface area contributed by atoms with Crippen molar-refractivity contribution in [2.75, 3.05) is 19.7 Å². The smallest absolute Gasteiger partial charge is 0.260 e. The first-order valence-corrected chi connectivity index (χ1v) is 9.03. The molecule has 0 radical (unpaired) electrons. The minimum absolute atomic E-state index is 0.0230. The van der Waals surface area contributed by atoms with Gasteiger partial charge in [0.1, 0.15) is 5.75 Å². The summed E-state index contributed by atoms with van der Waals surface area (Å²) >= 11 is 6.00. The van der Waals surface area contributed by atoms with Crippen LogP contribution in [0.25, 0.3) is 11.4 Å². The van der Waals surface area contributed by atoms with E-state index in [2.05, 4.69) is 10.1 Å². The lowest BCUT2D eigenvalue weighted by Crippen LogP contribution is -2.50. The van der Waals surface area contributed by atoms with Crippen LogP contribution in [-0.4, -0.2) is 40.6 Å². The molecule has 1 aliphatic heterocycles. The average molecular weight is 384 g/mol. The fourth-order valence-electron chi connectivity index (χ4n) is 2.93. The molecular weight excluding hydrogens is 366 g/mol. The van der Waals surface area contributed by atoms with E-state index in [1.165, 1.54) is 0 Å². The number of benzene rings is 2. The number of hydrogen-bond donors (Lipinski definition) is 0. The van der Waals surface area contributed by atoms with E-state index in [4.69, 9.17) is 20.9 Å². The quantitative estimate of drug-likeness (QED) is 0.672. The third-order valence-corrected chi connectivity index (χ3v) is 4.79. The molecule has 1 fully saturated rings. The van der Waals surface area contributed by atoms with Crippen molar-refractivity contribution in [3.05, 3.63) is 65.0 Å². The Hall–Kier alpha value is -2.86. The largest absolute Gasteiger partial charge is 0.484 e. The standard InChI is InChI=1S/C20H18ClN3O3/c1-13-5-2-3-8-17(13)26-12-18(25)24-10-15(11-24)20-22-19(23-27-20)14-6-4-7-16(21)9-14/h2-9,15H,10-12H2,1H3. The number of carbonyl (C=O) groups excluding carboxylic acids is 1. The van der Waals surface area contributed by atoms with Crippen LogP contribution in [0.15, 0.2) is 53.1 Å². The maximum absolute atomic E-state index is 12.3. The molecule has 1 amide bonds. The van der Waals surface area contributed by atoms with Gasteiger partial charge in [-0.15, -0.1) is 0 Å². The average Bonchev–Trinajstić information content (AvgIpc) is 3.09. The van der Waals surface area contributed by atoms with Crippen LogP contribution in [0, 0.1) is 6.92 Å². The highest BCUT2D eigenvalue weighted by atomic mass is 35.5. The Morgan fingerprint density at radius 3 is 2.85 bits per heavy atom. The summed E-state index contributed by atoms with van der Waals surface area (Å²) in [6.07, 6.45) is 0. The van der Waals surface area contributed by atoms with E-state index in [0.29, 0.717) is 29.8 Å². The summed E-state index contributed by atoms with van der Waals surface area (Å²) in [6.45, 7) is 3.07. The Morgan fingerprint density at radius 1 is 1.26 bits per heavy atom. The van der Waals surface area contributed by atoms with Gasteiger partial charge in [0.05, 0.1) is 5.92 Å². The first kappa shape index (κ1) is 17.5. The van der Waals surface area contributed by atoms with Crippen molar-refractivity contribution >= 4 is 17.5 Å². The van der Waals surface area contributed by atoms with Crippen LogP contribution in [0.2, 0.25) is 5.02 Å². The fourth-order valence-corrected chi connectivity index (χ4v) is 3.12. The third kappa shape index (κ3) is 3.80. The second-order valence-electron chi connectivity index (χ2n) is 6.52. The summed E-state index contributed by atoms with van der Waals surface area (Å²) < 4.78 is 11.0. The van der Waals surface area contributed by atoms with E-state index in [9.17, 15) is 4.79 Å². The van der Waals surface area contributed by atoms with E-state index in [-0.39, 0.29) is 18.4 Å². The third-order valence-electron chi connectivity index (χ3n) is 4.55. The number of amides is 1. The van der Waals surface area contributed by atoms with Gasteiger partial charge in [0.2, 0.25) is 11.7 Å². The second-order valence-corrected chi connectivity index (χ2v) is 6.95. The molecule has 2 heterocycles. The summed E-state index contributed by atoms with van der Waals surface area (Å²) in [7, 11) is 0. The van der Waals surface area contributed by atoms with Gasteiger partial charge in [-0.05, 0) is 30.7 Å². The molecule has 1 saturated heterocycles. The van der Waals surface area contributed by atoms with Gasteiger partial charge in [-0.1, -0.05) is 47.1 Å². The molecule has 0 N–H and O–H groups in total. The molecule has 27 heavy (non-hydrogen) atoms. The van der Waals surface area contributed by atoms with Gasteiger partial charge in [0.25, 0.3) is 5.91 Å². The number of ether oxygens (including phenoxy) is 1. The summed E-state index contributed by atoms with van der Waals surface area (Å²) in [5.41, 5.74) is 1.81. The highest BCUT2D eigenvalue weighted by Crippen LogP contribution is 2.28. The van der Waals surface area contributed by atoms with E-state index >= 15 is 0 Å². The summed E-state index contributed by atoms with van der Waals surface area (Å²) in [6, 6.07) is 14.9. The van der Waals surface area contributed by atoms with Crippen LogP contribution in [0.4, 0.5) is 0 Å². The molecule has 4 rings (SSSR count). The van der Waals surface area contributed by atoms with Gasteiger partial charge in [0.15, 0.2) is 6.61 Å². The molecular formula is C20H18ClN3O3. The second kappa shape index (κ2) is 7.40. The monoisotopic (exact) mass is 383 g/mol. The van der Waals surface area contributed by atoms with Crippen molar-refractivity contribution in [2.45, 2.75) is 12.8 Å². The normalized spacial score (nSPS) is 14.1. The lowest BCUT2D eigenvalue weighted by atomic mass is 10.0. The van der Waals surface area contributed by atoms with Crippen molar-refractivity contribution in [1.29, 1.82) is 0 Å². The summed E-state index contributed by atoms with van der Waals surface area (Å²) in [5.74, 6) is 1.76. The number of aryl methyl sites for hydroxylation is 1. The molecule has 7 heteroatoms. The van der Waals surface area contributed by atoms with Gasteiger partial charge in [0, 0.05) is 23.7 Å². The zero-order chi connectivity index (χ0) is 18.8. The molecule has 0 bridgehead atoms. The first-order valence-electron chi connectivity index (χ1n) is 8.66. The Kier molecular flexibility index (Phi) is 4.81. The van der Waals surface area contributed by atoms with E-state index in [1.807, 2.05) is 43.3 Å². The molecule has 6 nitrogen and oxygen atoms in total. The summed E-state index contributed by atoms with van der Waals surface area (Å²) in [5, 5.41) is 4.63. The molecule has 2 aromatic carbocycles. The first-order chi connectivity index (χ1) is 13.1. The molecule has 138 valence electrons. The van der Waals surface area contributed by atoms with Crippen molar-refractivity contribution < 1.29 is 14.1 Å². The molecule has 0 aliphatic carbocycles. The molecule has 1 aromatic heterocycles. The predicted octanol–water partition coefficient (Wildman–Crippen LogP) is 3.70. The van der Waals surface area contributed by atoms with Gasteiger partial charge in [-0.3, -0.25) is 4.79 Å². The summed E-state index contributed by atoms with van der Waals surface area (Å²) in [4.78, 5) is 18.4. The number of hydrogen-bond acceptors (Lipinski definition) is 5. The maximum Gasteiger partial charge on any atom is 0.260 e. The van der Waals surface area contributed by atoms with E-state index < -0.39 is 0 Å². The predicted molar refractivity (Wildman–Crippen MR) is 101 cm³/mol. The minimum atomic E-state index is -0.0518. The van der Waals surface area contributed by atoms with Crippen LogP contribution < -0.4 is 4.74 Å². The molecule has 0 spiro atoms. The molecule has 0 unspecified atom stereocenters. The van der Waals surface area contributed by atoms with Gasteiger partial charge >= 0.3 is 0 Å². The van der Waals surface area contributed by atoms with Crippen LogP contribution in [0.1, 0.15) is 17.4 Å². The highest BCUT2D eigenvalue weighted by Gasteiger charge is 2.35. The van der Waals surface area contributed by atoms with Gasteiger partial charge in [-0.25, -0.2) is 0 Å². The lowest BCUT2D eigenvalue weighted by molar-refractivity contribution is -0.138. The Morgan fingerprint density at radius 2 is 2.07 bits per heavy atom. The molecule has 3 aromatic rings.